The number of rotatable bonds is 4. The summed E-state index contributed by atoms with van der Waals surface area (Å²) in [6.45, 7) is 0.269. The molecule has 7 heteroatoms. The van der Waals surface area contributed by atoms with Crippen LogP contribution in [-0.2, 0) is 11.3 Å². The van der Waals surface area contributed by atoms with E-state index in [4.69, 9.17) is 4.74 Å². The van der Waals surface area contributed by atoms with Gasteiger partial charge >= 0.3 is 6.09 Å². The Morgan fingerprint density at radius 2 is 1.79 bits per heavy atom. The Morgan fingerprint density at radius 1 is 1.03 bits per heavy atom. The van der Waals surface area contributed by atoms with Crippen LogP contribution in [0.1, 0.15) is 41.7 Å². The zero-order valence-electron chi connectivity index (χ0n) is 16.0. The first kappa shape index (κ1) is 17.8. The molecule has 1 amide bonds. The molecule has 0 N–H and O–H groups in total. The number of ketones is 1. The van der Waals surface area contributed by atoms with Crippen molar-refractivity contribution in [3.05, 3.63) is 66.1 Å². The van der Waals surface area contributed by atoms with Crippen LogP contribution < -0.4 is 0 Å². The third-order valence-electron chi connectivity index (χ3n) is 6.05. The number of ether oxygens (including phenoxy) is 1. The molecule has 2 aliphatic heterocycles. The van der Waals surface area contributed by atoms with Gasteiger partial charge in [-0.2, -0.15) is 5.10 Å². The zero-order chi connectivity index (χ0) is 19.8. The summed E-state index contributed by atoms with van der Waals surface area (Å²) in [5, 5.41) is 4.26. The molecule has 7 nitrogen and oxygen atoms in total. The van der Waals surface area contributed by atoms with Gasteiger partial charge in [-0.3, -0.25) is 4.79 Å². The van der Waals surface area contributed by atoms with Gasteiger partial charge in [0.15, 0.2) is 11.4 Å². The lowest BCUT2D eigenvalue weighted by Crippen LogP contribution is -2.48. The predicted molar refractivity (Wildman–Crippen MR) is 105 cm³/mol. The third kappa shape index (κ3) is 3.26. The maximum atomic E-state index is 13.1. The summed E-state index contributed by atoms with van der Waals surface area (Å²) in [4.78, 5) is 32.0. The molecule has 2 aliphatic rings. The highest BCUT2D eigenvalue weighted by Crippen LogP contribution is 2.40. The number of hydrogen-bond donors (Lipinski definition) is 0. The van der Waals surface area contributed by atoms with Crippen LogP contribution in [0.4, 0.5) is 4.79 Å². The van der Waals surface area contributed by atoms with Gasteiger partial charge in [-0.15, -0.1) is 0 Å². The third-order valence-corrected chi connectivity index (χ3v) is 6.05. The molecule has 29 heavy (non-hydrogen) atoms. The smallest absolute Gasteiger partial charge is 0.410 e. The molecule has 148 valence electrons. The van der Waals surface area contributed by atoms with Crippen LogP contribution in [-0.4, -0.2) is 43.5 Å². The first-order chi connectivity index (χ1) is 14.2. The molecule has 2 bridgehead atoms. The Kier molecular flexibility index (Phi) is 4.50. The number of carbonyl (C=O) groups is 2. The first-order valence-electron chi connectivity index (χ1n) is 10.0. The fourth-order valence-electron chi connectivity index (χ4n) is 4.69. The molecule has 0 radical (unpaired) electrons. The Balaban J connectivity index is 1.27. The SMILES string of the molecule is O=C(c1cnc2cccnn12)C1CC2CCC(C1)N2C(=O)OCc1ccccc1. The van der Waals surface area contributed by atoms with Crippen LogP contribution in [0.5, 0.6) is 0 Å². The lowest BCUT2D eigenvalue weighted by Gasteiger charge is -2.37. The highest BCUT2D eigenvalue weighted by atomic mass is 16.6. The Bertz CT molecular complexity index is 1030. The van der Waals surface area contributed by atoms with Gasteiger partial charge in [0.05, 0.1) is 6.20 Å². The van der Waals surface area contributed by atoms with Crippen molar-refractivity contribution in [3.63, 3.8) is 0 Å². The molecule has 4 heterocycles. The molecular formula is C22H22N4O3. The lowest BCUT2D eigenvalue weighted by atomic mass is 9.86. The molecule has 2 atom stereocenters. The van der Waals surface area contributed by atoms with Gasteiger partial charge in [-0.05, 0) is 43.4 Å². The van der Waals surface area contributed by atoms with E-state index in [0.717, 1.165) is 18.4 Å². The maximum absolute atomic E-state index is 13.1. The number of piperidine rings is 1. The fourth-order valence-corrected chi connectivity index (χ4v) is 4.69. The lowest BCUT2D eigenvalue weighted by molar-refractivity contribution is 0.0482. The molecule has 5 rings (SSSR count). The van der Waals surface area contributed by atoms with Gasteiger partial charge < -0.3 is 9.64 Å². The number of imidazole rings is 1. The van der Waals surface area contributed by atoms with Crippen LogP contribution in [0.3, 0.4) is 0 Å². The Morgan fingerprint density at radius 3 is 2.55 bits per heavy atom. The van der Waals surface area contributed by atoms with E-state index in [2.05, 4.69) is 10.1 Å². The average molecular weight is 390 g/mol. The quantitative estimate of drug-likeness (QED) is 0.638. The molecule has 3 aromatic rings. The summed E-state index contributed by atoms with van der Waals surface area (Å²) in [5.41, 5.74) is 2.16. The second-order valence-corrected chi connectivity index (χ2v) is 7.80. The van der Waals surface area contributed by atoms with Gasteiger partial charge in [-0.1, -0.05) is 30.3 Å². The van der Waals surface area contributed by atoms with Gasteiger partial charge in [0.25, 0.3) is 0 Å². The summed E-state index contributed by atoms with van der Waals surface area (Å²) in [6.07, 6.45) is 6.14. The number of aromatic nitrogens is 3. The van der Waals surface area contributed by atoms with E-state index in [1.165, 1.54) is 0 Å². The molecule has 2 unspecified atom stereocenters. The van der Waals surface area contributed by atoms with E-state index in [0.29, 0.717) is 24.2 Å². The topological polar surface area (TPSA) is 76.8 Å². The van der Waals surface area contributed by atoms with E-state index in [9.17, 15) is 9.59 Å². The highest BCUT2D eigenvalue weighted by Gasteiger charge is 2.46. The van der Waals surface area contributed by atoms with Crippen molar-refractivity contribution in [2.45, 2.75) is 44.4 Å². The number of amides is 1. The zero-order valence-corrected chi connectivity index (χ0v) is 16.0. The molecule has 0 aliphatic carbocycles. The number of fused-ring (bicyclic) bond motifs is 3. The van der Waals surface area contributed by atoms with Crippen LogP contribution >= 0.6 is 0 Å². The number of nitrogens with zero attached hydrogens (tertiary/aromatic N) is 4. The molecule has 2 aromatic heterocycles. The van der Waals surface area contributed by atoms with E-state index >= 15 is 0 Å². The minimum absolute atomic E-state index is 0.0538. The van der Waals surface area contributed by atoms with E-state index in [1.807, 2.05) is 41.3 Å². The summed E-state index contributed by atoms with van der Waals surface area (Å²) < 4.78 is 7.15. The van der Waals surface area contributed by atoms with Crippen LogP contribution in [0.25, 0.3) is 5.65 Å². The minimum atomic E-state index is -0.274. The summed E-state index contributed by atoms with van der Waals surface area (Å²) >= 11 is 0. The van der Waals surface area contributed by atoms with Gasteiger partial charge in [-0.25, -0.2) is 14.3 Å². The summed E-state index contributed by atoms with van der Waals surface area (Å²) in [7, 11) is 0. The van der Waals surface area contributed by atoms with Crippen molar-refractivity contribution in [1.29, 1.82) is 0 Å². The largest absolute Gasteiger partial charge is 0.445 e. The van der Waals surface area contributed by atoms with Crippen molar-refractivity contribution >= 4 is 17.5 Å². The van der Waals surface area contributed by atoms with Crippen molar-refractivity contribution in [2.75, 3.05) is 0 Å². The number of carbonyl (C=O) groups excluding carboxylic acids is 2. The summed E-state index contributed by atoms with van der Waals surface area (Å²) in [5.74, 6) is -0.0574. The summed E-state index contributed by atoms with van der Waals surface area (Å²) in [6, 6.07) is 13.4. The van der Waals surface area contributed by atoms with Gasteiger partial charge in [0.2, 0.25) is 0 Å². The van der Waals surface area contributed by atoms with Crippen LogP contribution in [0.2, 0.25) is 0 Å². The van der Waals surface area contributed by atoms with Gasteiger partial charge in [0, 0.05) is 24.2 Å². The molecule has 0 spiro atoms. The number of hydrogen-bond acceptors (Lipinski definition) is 5. The van der Waals surface area contributed by atoms with Crippen molar-refractivity contribution in [2.24, 2.45) is 5.92 Å². The Labute approximate surface area is 168 Å². The average Bonchev–Trinajstić information content (AvgIpc) is 3.30. The maximum Gasteiger partial charge on any atom is 0.410 e. The van der Waals surface area contributed by atoms with E-state index in [-0.39, 0.29) is 36.5 Å². The monoisotopic (exact) mass is 390 g/mol. The van der Waals surface area contributed by atoms with Gasteiger partial charge in [0.1, 0.15) is 12.3 Å². The predicted octanol–water partition coefficient (Wildman–Crippen LogP) is 3.49. The molecule has 2 fully saturated rings. The first-order valence-corrected chi connectivity index (χ1v) is 10.0. The molecular weight excluding hydrogens is 368 g/mol. The minimum Gasteiger partial charge on any atom is -0.445 e. The second-order valence-electron chi connectivity index (χ2n) is 7.80. The van der Waals surface area contributed by atoms with Crippen molar-refractivity contribution in [1.82, 2.24) is 19.5 Å². The van der Waals surface area contributed by atoms with Crippen LogP contribution in [0.15, 0.2) is 54.9 Å². The van der Waals surface area contributed by atoms with Crippen LogP contribution in [0, 0.1) is 5.92 Å². The fraction of sp³-hybridized carbons (Fsp3) is 0.364. The number of Topliss-reactive ketones (excluding diaryl/α,β-unsaturated/α-hetero) is 1. The van der Waals surface area contributed by atoms with E-state index in [1.54, 1.807) is 23.0 Å². The van der Waals surface area contributed by atoms with E-state index < -0.39 is 0 Å². The Hall–Kier alpha value is -3.22. The number of benzene rings is 1. The standard InChI is InChI=1S/C22H22N4O3/c27-21(19-13-23-20-7-4-10-24-26(19)20)16-11-17-8-9-18(12-16)25(17)22(28)29-14-15-5-2-1-3-6-15/h1-7,10,13,16-18H,8-9,11-12,14H2. The normalized spacial score (nSPS) is 23.3. The highest BCUT2D eigenvalue weighted by molar-refractivity contribution is 5.97. The second kappa shape index (κ2) is 7.31. The van der Waals surface area contributed by atoms with Crippen molar-refractivity contribution < 1.29 is 14.3 Å². The molecule has 2 saturated heterocycles. The molecule has 0 saturated carbocycles. The van der Waals surface area contributed by atoms with Crippen molar-refractivity contribution in [3.8, 4) is 0 Å². The molecule has 1 aromatic carbocycles.